The van der Waals surface area contributed by atoms with E-state index in [0.29, 0.717) is 18.8 Å². The largest absolute Gasteiger partial charge is 0.376 e. The van der Waals surface area contributed by atoms with Crippen LogP contribution in [0.4, 0.5) is 4.39 Å². The SMILES string of the molecule is Cc1cccc(F)c1COC1COC(C)C1. The molecule has 1 aliphatic heterocycles. The van der Waals surface area contributed by atoms with Gasteiger partial charge in [0, 0.05) is 12.0 Å². The first-order chi connectivity index (χ1) is 7.66. The molecule has 0 N–H and O–H groups in total. The van der Waals surface area contributed by atoms with Crippen molar-refractivity contribution in [1.82, 2.24) is 0 Å². The van der Waals surface area contributed by atoms with Gasteiger partial charge in [0.2, 0.25) is 0 Å². The molecule has 1 aliphatic rings. The number of ether oxygens (including phenoxy) is 2. The molecule has 1 heterocycles. The van der Waals surface area contributed by atoms with Crippen LogP contribution in [0.5, 0.6) is 0 Å². The topological polar surface area (TPSA) is 18.5 Å². The summed E-state index contributed by atoms with van der Waals surface area (Å²) in [5.41, 5.74) is 1.59. The first-order valence-corrected chi connectivity index (χ1v) is 5.64. The van der Waals surface area contributed by atoms with Crippen molar-refractivity contribution in [3.63, 3.8) is 0 Å². The van der Waals surface area contributed by atoms with Crippen LogP contribution in [-0.2, 0) is 16.1 Å². The van der Waals surface area contributed by atoms with E-state index in [1.165, 1.54) is 6.07 Å². The van der Waals surface area contributed by atoms with Crippen molar-refractivity contribution >= 4 is 0 Å². The molecule has 16 heavy (non-hydrogen) atoms. The van der Waals surface area contributed by atoms with Crippen LogP contribution in [0.25, 0.3) is 0 Å². The van der Waals surface area contributed by atoms with Crippen LogP contribution >= 0.6 is 0 Å². The maximum Gasteiger partial charge on any atom is 0.128 e. The molecule has 0 saturated carbocycles. The van der Waals surface area contributed by atoms with Gasteiger partial charge in [0.25, 0.3) is 0 Å². The highest BCUT2D eigenvalue weighted by molar-refractivity contribution is 5.26. The van der Waals surface area contributed by atoms with Gasteiger partial charge in [-0.25, -0.2) is 4.39 Å². The summed E-state index contributed by atoms with van der Waals surface area (Å²) >= 11 is 0. The van der Waals surface area contributed by atoms with Gasteiger partial charge in [0.15, 0.2) is 0 Å². The minimum absolute atomic E-state index is 0.106. The van der Waals surface area contributed by atoms with Crippen LogP contribution in [0.1, 0.15) is 24.5 Å². The standard InChI is InChI=1S/C13H17FO2/c1-9-4-3-5-13(14)12(9)8-16-11-6-10(2)15-7-11/h3-5,10-11H,6-8H2,1-2H3. The third-order valence-corrected chi connectivity index (χ3v) is 2.98. The monoisotopic (exact) mass is 224 g/mol. The van der Waals surface area contributed by atoms with E-state index in [4.69, 9.17) is 9.47 Å². The lowest BCUT2D eigenvalue weighted by Gasteiger charge is -2.12. The predicted octanol–water partition coefficient (Wildman–Crippen LogP) is 2.83. The fraction of sp³-hybridized carbons (Fsp3) is 0.538. The second-order valence-corrected chi connectivity index (χ2v) is 4.35. The molecule has 0 amide bonds. The number of aryl methyl sites for hydroxylation is 1. The summed E-state index contributed by atoms with van der Waals surface area (Å²) in [4.78, 5) is 0. The van der Waals surface area contributed by atoms with Gasteiger partial charge in [-0.05, 0) is 25.5 Å². The molecule has 88 valence electrons. The van der Waals surface area contributed by atoms with E-state index in [1.807, 2.05) is 19.9 Å². The summed E-state index contributed by atoms with van der Waals surface area (Å²) < 4.78 is 24.5. The van der Waals surface area contributed by atoms with Crippen molar-refractivity contribution in [2.24, 2.45) is 0 Å². The summed E-state index contributed by atoms with van der Waals surface area (Å²) in [6.45, 7) is 4.88. The maximum atomic E-state index is 13.5. The molecule has 2 rings (SSSR count). The Balaban J connectivity index is 1.94. The van der Waals surface area contributed by atoms with Gasteiger partial charge in [-0.2, -0.15) is 0 Å². The van der Waals surface area contributed by atoms with Crippen LogP contribution in [0.2, 0.25) is 0 Å². The molecule has 0 radical (unpaired) electrons. The quantitative estimate of drug-likeness (QED) is 0.786. The zero-order valence-corrected chi connectivity index (χ0v) is 9.70. The highest BCUT2D eigenvalue weighted by atomic mass is 19.1. The molecule has 3 heteroatoms. The summed E-state index contributed by atoms with van der Waals surface area (Å²) in [5.74, 6) is -0.188. The van der Waals surface area contributed by atoms with Gasteiger partial charge >= 0.3 is 0 Å². The van der Waals surface area contributed by atoms with Crippen molar-refractivity contribution < 1.29 is 13.9 Å². The molecule has 0 bridgehead atoms. The second kappa shape index (κ2) is 4.93. The molecule has 1 aromatic carbocycles. The molecule has 2 unspecified atom stereocenters. The molecular formula is C13H17FO2. The molecule has 0 aromatic heterocycles. The number of hydrogen-bond acceptors (Lipinski definition) is 2. The highest BCUT2D eigenvalue weighted by Gasteiger charge is 2.22. The lowest BCUT2D eigenvalue weighted by molar-refractivity contribution is 0.0272. The van der Waals surface area contributed by atoms with Crippen molar-refractivity contribution in [2.45, 2.75) is 39.1 Å². The lowest BCUT2D eigenvalue weighted by atomic mass is 10.1. The fourth-order valence-electron chi connectivity index (χ4n) is 1.94. The van der Waals surface area contributed by atoms with E-state index in [1.54, 1.807) is 6.07 Å². The highest BCUT2D eigenvalue weighted by Crippen LogP contribution is 2.19. The Morgan fingerprint density at radius 1 is 1.50 bits per heavy atom. The maximum absolute atomic E-state index is 13.5. The minimum Gasteiger partial charge on any atom is -0.376 e. The Kier molecular flexibility index (Phi) is 3.56. The molecular weight excluding hydrogens is 207 g/mol. The minimum atomic E-state index is -0.188. The number of hydrogen-bond donors (Lipinski definition) is 0. The van der Waals surface area contributed by atoms with Crippen LogP contribution in [0.3, 0.4) is 0 Å². The van der Waals surface area contributed by atoms with Crippen molar-refractivity contribution in [2.75, 3.05) is 6.61 Å². The number of halogens is 1. The summed E-state index contributed by atoms with van der Waals surface area (Å²) in [6, 6.07) is 5.09. The fourth-order valence-corrected chi connectivity index (χ4v) is 1.94. The second-order valence-electron chi connectivity index (χ2n) is 4.35. The average Bonchev–Trinajstić information content (AvgIpc) is 2.63. The van der Waals surface area contributed by atoms with E-state index in [0.717, 1.165) is 12.0 Å². The third kappa shape index (κ3) is 2.60. The van der Waals surface area contributed by atoms with Crippen LogP contribution in [0.15, 0.2) is 18.2 Å². The summed E-state index contributed by atoms with van der Waals surface area (Å²) in [6.07, 6.45) is 1.26. The van der Waals surface area contributed by atoms with Gasteiger partial charge in [-0.15, -0.1) is 0 Å². The van der Waals surface area contributed by atoms with E-state index in [2.05, 4.69) is 0 Å². The van der Waals surface area contributed by atoms with Crippen LogP contribution in [-0.4, -0.2) is 18.8 Å². The zero-order valence-electron chi connectivity index (χ0n) is 9.70. The molecule has 1 fully saturated rings. The number of rotatable bonds is 3. The molecule has 0 spiro atoms. The van der Waals surface area contributed by atoms with E-state index < -0.39 is 0 Å². The molecule has 0 aliphatic carbocycles. The molecule has 2 nitrogen and oxygen atoms in total. The first kappa shape index (κ1) is 11.6. The van der Waals surface area contributed by atoms with Gasteiger partial charge in [0.05, 0.1) is 25.4 Å². The van der Waals surface area contributed by atoms with Gasteiger partial charge in [0.1, 0.15) is 5.82 Å². The lowest BCUT2D eigenvalue weighted by Crippen LogP contribution is -2.13. The van der Waals surface area contributed by atoms with Crippen molar-refractivity contribution in [3.8, 4) is 0 Å². The Hall–Kier alpha value is -0.930. The Labute approximate surface area is 95.4 Å². The van der Waals surface area contributed by atoms with Gasteiger partial charge in [-0.3, -0.25) is 0 Å². The predicted molar refractivity (Wildman–Crippen MR) is 59.7 cm³/mol. The van der Waals surface area contributed by atoms with E-state index in [9.17, 15) is 4.39 Å². The average molecular weight is 224 g/mol. The van der Waals surface area contributed by atoms with Crippen molar-refractivity contribution in [1.29, 1.82) is 0 Å². The molecule has 2 atom stereocenters. The van der Waals surface area contributed by atoms with Gasteiger partial charge in [-0.1, -0.05) is 12.1 Å². The Bertz CT molecular complexity index is 345. The normalized spacial score (nSPS) is 24.9. The summed E-state index contributed by atoms with van der Waals surface area (Å²) in [5, 5.41) is 0. The van der Waals surface area contributed by atoms with Crippen molar-refractivity contribution in [3.05, 3.63) is 35.1 Å². The zero-order chi connectivity index (χ0) is 11.5. The van der Waals surface area contributed by atoms with E-state index in [-0.39, 0.29) is 18.0 Å². The van der Waals surface area contributed by atoms with Crippen LogP contribution in [0, 0.1) is 12.7 Å². The summed E-state index contributed by atoms with van der Waals surface area (Å²) in [7, 11) is 0. The Morgan fingerprint density at radius 2 is 2.31 bits per heavy atom. The smallest absolute Gasteiger partial charge is 0.128 e. The van der Waals surface area contributed by atoms with Crippen LogP contribution < -0.4 is 0 Å². The van der Waals surface area contributed by atoms with Gasteiger partial charge < -0.3 is 9.47 Å². The molecule has 1 saturated heterocycles. The molecule has 1 aromatic rings. The Morgan fingerprint density at radius 3 is 2.94 bits per heavy atom. The first-order valence-electron chi connectivity index (χ1n) is 5.64. The van der Waals surface area contributed by atoms with E-state index >= 15 is 0 Å². The number of benzene rings is 1. The third-order valence-electron chi connectivity index (χ3n) is 2.98.